The van der Waals surface area contributed by atoms with Crippen molar-refractivity contribution in [2.24, 2.45) is 0 Å². The summed E-state index contributed by atoms with van der Waals surface area (Å²) in [6.07, 6.45) is 81.9. The summed E-state index contributed by atoms with van der Waals surface area (Å²) < 4.78 is 68.5. The summed E-state index contributed by atoms with van der Waals surface area (Å²) in [5, 5.41) is 10.6. The van der Waals surface area contributed by atoms with E-state index >= 15 is 0 Å². The minimum Gasteiger partial charge on any atom is -0.462 e. The smallest absolute Gasteiger partial charge is 0.462 e. The minimum atomic E-state index is -5.00. The molecule has 0 aromatic rings. The molecule has 0 spiro atoms. The topological polar surface area (TPSA) is 237 Å². The van der Waals surface area contributed by atoms with E-state index in [1.165, 1.54) is 83.5 Å². The summed E-state index contributed by atoms with van der Waals surface area (Å²) >= 11 is 0. The summed E-state index contributed by atoms with van der Waals surface area (Å²) in [5.74, 6) is -2.30. The Morgan fingerprint density at radius 1 is 0.284 bits per heavy atom. The molecule has 0 radical (unpaired) electrons. The molecule has 0 aromatic heterocycles. The van der Waals surface area contributed by atoms with Crippen LogP contribution in [0.25, 0.3) is 0 Å². The van der Waals surface area contributed by atoms with Crippen molar-refractivity contribution in [2.75, 3.05) is 39.6 Å². The van der Waals surface area contributed by atoms with Crippen molar-refractivity contribution in [1.29, 1.82) is 0 Å². The number of rotatable bonds is 74. The Morgan fingerprint density at radius 2 is 0.529 bits per heavy atom. The van der Waals surface area contributed by atoms with Gasteiger partial charge in [-0.1, -0.05) is 271 Å². The number of allylic oxidation sites excluding steroid dienone is 20. The maximum atomic E-state index is 13.1. The van der Waals surface area contributed by atoms with Crippen molar-refractivity contribution in [1.82, 2.24) is 0 Å². The van der Waals surface area contributed by atoms with Crippen molar-refractivity contribution < 1.29 is 80.2 Å². The zero-order chi connectivity index (χ0) is 74.6. The molecule has 2 unspecified atom stereocenters. The third kappa shape index (κ3) is 73.8. The van der Waals surface area contributed by atoms with Gasteiger partial charge in [-0.2, -0.15) is 0 Å². The Bertz CT molecular complexity index is 2410. The van der Waals surface area contributed by atoms with Gasteiger partial charge in [0.05, 0.1) is 26.4 Å². The lowest BCUT2D eigenvalue weighted by molar-refractivity contribution is -0.161. The van der Waals surface area contributed by atoms with E-state index in [-0.39, 0.29) is 25.7 Å². The van der Waals surface area contributed by atoms with Crippen LogP contribution in [0.4, 0.5) is 0 Å². The molecule has 0 amide bonds. The maximum absolute atomic E-state index is 13.1. The molecule has 0 aliphatic rings. The molecular formula is C83H142O17P2. The molecule has 17 nitrogen and oxygen atoms in total. The van der Waals surface area contributed by atoms with Gasteiger partial charge in [0, 0.05) is 25.7 Å². The van der Waals surface area contributed by atoms with E-state index in [4.69, 9.17) is 37.0 Å². The lowest BCUT2D eigenvalue weighted by Gasteiger charge is -2.21. The van der Waals surface area contributed by atoms with Gasteiger partial charge in [-0.15, -0.1) is 0 Å². The number of aliphatic hydroxyl groups is 1. The Labute approximate surface area is 619 Å². The van der Waals surface area contributed by atoms with Crippen LogP contribution in [-0.4, -0.2) is 96.7 Å². The van der Waals surface area contributed by atoms with Crippen LogP contribution < -0.4 is 0 Å². The maximum Gasteiger partial charge on any atom is 0.472 e. The van der Waals surface area contributed by atoms with Gasteiger partial charge in [0.15, 0.2) is 12.2 Å². The Kier molecular flexibility index (Phi) is 71.4. The third-order valence-electron chi connectivity index (χ3n) is 16.4. The van der Waals surface area contributed by atoms with Crippen LogP contribution in [-0.2, 0) is 65.4 Å². The molecule has 0 saturated carbocycles. The molecule has 5 atom stereocenters. The molecule has 0 aliphatic carbocycles. The first kappa shape index (κ1) is 97.5. The number of phosphoric ester groups is 2. The molecule has 0 bridgehead atoms. The number of aliphatic hydroxyl groups excluding tert-OH is 1. The number of hydrogen-bond acceptors (Lipinski definition) is 15. The monoisotopic (exact) mass is 1470 g/mol. The van der Waals surface area contributed by atoms with Crippen LogP contribution in [0.15, 0.2) is 122 Å². The quantitative estimate of drug-likeness (QED) is 0.0169. The molecular weight excluding hydrogens is 1330 g/mol. The predicted octanol–water partition coefficient (Wildman–Crippen LogP) is 23.1. The van der Waals surface area contributed by atoms with E-state index in [0.29, 0.717) is 32.1 Å². The second-order valence-corrected chi connectivity index (χ2v) is 29.2. The largest absolute Gasteiger partial charge is 0.472 e. The first-order valence-electron chi connectivity index (χ1n) is 39.8. The van der Waals surface area contributed by atoms with Gasteiger partial charge in [0.1, 0.15) is 19.3 Å². The number of hydrogen-bond donors (Lipinski definition) is 3. The average Bonchev–Trinajstić information content (AvgIpc) is 0.924. The molecule has 102 heavy (non-hydrogen) atoms. The summed E-state index contributed by atoms with van der Waals surface area (Å²) in [6, 6.07) is 0. The van der Waals surface area contributed by atoms with Gasteiger partial charge in [-0.3, -0.25) is 37.3 Å². The highest BCUT2D eigenvalue weighted by Gasteiger charge is 2.30. The van der Waals surface area contributed by atoms with E-state index in [9.17, 15) is 43.2 Å². The lowest BCUT2D eigenvalue weighted by Crippen LogP contribution is -2.30. The molecule has 3 N–H and O–H groups in total. The average molecular weight is 1470 g/mol. The standard InChI is InChI=1S/C83H142O17P2/c1-5-9-13-17-21-25-29-33-36-37-38-39-42-45-48-52-56-60-64-68-81(86)94-74-79(100-83(88)70-66-62-58-54-50-46-41-35-31-27-23-19-15-11-7-3)76-98-102(91,92)96-72-77(84)71-95-101(89,90)97-75-78(99-82(87)69-65-61-57-53-49-43-32-28-24-20-16-12-8-4)73-93-80(85)67-63-59-55-51-47-44-40-34-30-26-22-18-14-10-6-2/h9,13,21,23,25,27-28,32-36,38-41,45,48,56,60,77-79,84H,5-8,10-12,14-20,22,24,26,29-31,37,42-44,46-47,49-55,57-59,61-76H2,1-4H3,(H,89,90)(H,91,92)/b13-9-,25-21-,27-23-,32-28-,36-33-,39-38-,40-34-,41-35-,48-45-,60-56-/t77-,78-,79-/m1/s1. The van der Waals surface area contributed by atoms with E-state index in [1.54, 1.807) is 0 Å². The normalized spacial score (nSPS) is 14.5. The fourth-order valence-electron chi connectivity index (χ4n) is 10.3. The number of esters is 4. The number of unbranched alkanes of at least 4 members (excludes halogenated alkanes) is 28. The van der Waals surface area contributed by atoms with Crippen molar-refractivity contribution in [2.45, 2.75) is 341 Å². The SMILES string of the molecule is CC/C=C\C/C=C\C/C=C\C/C=C\C/C=C\C/C=C\CCC(=O)OC[C@H](COP(=O)(O)OC[C@H](O)COP(=O)(O)OC[C@@H](COC(=O)CCCCCCC/C=C\CCCCCCCC)OC(=O)CCCCCCC/C=C\CCCCCC)OC(=O)CCCCCCC/C=C\C/C=C\CCCCC. The lowest BCUT2D eigenvalue weighted by atomic mass is 10.1. The highest BCUT2D eigenvalue weighted by molar-refractivity contribution is 7.47. The van der Waals surface area contributed by atoms with Crippen LogP contribution in [0.1, 0.15) is 323 Å². The van der Waals surface area contributed by atoms with Gasteiger partial charge in [-0.25, -0.2) is 9.13 Å². The number of carbonyl (C=O) groups excluding carboxylic acids is 4. The van der Waals surface area contributed by atoms with Crippen molar-refractivity contribution in [3.05, 3.63) is 122 Å². The minimum absolute atomic E-state index is 0.0309. The van der Waals surface area contributed by atoms with Crippen LogP contribution in [0.5, 0.6) is 0 Å². The van der Waals surface area contributed by atoms with Crippen LogP contribution in [0.2, 0.25) is 0 Å². The van der Waals surface area contributed by atoms with E-state index in [1.807, 2.05) is 18.2 Å². The van der Waals surface area contributed by atoms with E-state index in [2.05, 4.69) is 131 Å². The highest BCUT2D eigenvalue weighted by Crippen LogP contribution is 2.45. The molecule has 0 aliphatic heterocycles. The van der Waals surface area contributed by atoms with Crippen LogP contribution in [0, 0.1) is 0 Å². The molecule has 0 aromatic carbocycles. The number of ether oxygens (including phenoxy) is 4. The number of phosphoric acid groups is 2. The van der Waals surface area contributed by atoms with Crippen LogP contribution in [0.3, 0.4) is 0 Å². The summed E-state index contributed by atoms with van der Waals surface area (Å²) in [6.45, 7) is 4.61. The van der Waals surface area contributed by atoms with Gasteiger partial charge < -0.3 is 33.8 Å². The van der Waals surface area contributed by atoms with Crippen molar-refractivity contribution in [3.63, 3.8) is 0 Å². The zero-order valence-electron chi connectivity index (χ0n) is 64.0. The van der Waals surface area contributed by atoms with Gasteiger partial charge in [0.2, 0.25) is 0 Å². The van der Waals surface area contributed by atoms with Gasteiger partial charge in [0.25, 0.3) is 0 Å². The molecule has 19 heteroatoms. The first-order valence-corrected chi connectivity index (χ1v) is 42.8. The molecule has 0 fully saturated rings. The Morgan fingerprint density at radius 3 is 0.882 bits per heavy atom. The number of carbonyl (C=O) groups is 4. The van der Waals surface area contributed by atoms with Gasteiger partial charge >= 0.3 is 39.5 Å². The van der Waals surface area contributed by atoms with Crippen molar-refractivity contribution in [3.8, 4) is 0 Å². The fourth-order valence-corrected chi connectivity index (χ4v) is 11.9. The Balaban J connectivity index is 5.43. The second kappa shape index (κ2) is 74.7. The summed E-state index contributed by atoms with van der Waals surface area (Å²) in [5.41, 5.74) is 0. The molecule has 586 valence electrons. The second-order valence-electron chi connectivity index (χ2n) is 26.3. The zero-order valence-corrected chi connectivity index (χ0v) is 65.8. The molecule has 0 rings (SSSR count). The van der Waals surface area contributed by atoms with Gasteiger partial charge in [-0.05, 0) is 148 Å². The third-order valence-corrected chi connectivity index (χ3v) is 18.3. The summed E-state index contributed by atoms with van der Waals surface area (Å²) in [7, 11) is -9.98. The first-order chi connectivity index (χ1) is 49.7. The van der Waals surface area contributed by atoms with E-state index in [0.717, 1.165) is 154 Å². The fraction of sp³-hybridized carbons (Fsp3) is 0.711. The molecule has 0 saturated heterocycles. The van der Waals surface area contributed by atoms with Crippen molar-refractivity contribution >= 4 is 39.5 Å². The Hall–Kier alpha value is -4.54. The summed E-state index contributed by atoms with van der Waals surface area (Å²) in [4.78, 5) is 72.9. The van der Waals surface area contributed by atoms with E-state index < -0.39 is 97.5 Å². The molecule has 0 heterocycles. The highest BCUT2D eigenvalue weighted by atomic mass is 31.2. The van der Waals surface area contributed by atoms with Crippen LogP contribution >= 0.6 is 15.6 Å². The predicted molar refractivity (Wildman–Crippen MR) is 418 cm³/mol.